The van der Waals surface area contributed by atoms with Crippen molar-refractivity contribution < 1.29 is 4.79 Å². The molecule has 1 N–H and O–H groups in total. The Labute approximate surface area is 121 Å². The smallest absolute Gasteiger partial charge is 0.242 e. The van der Waals surface area contributed by atoms with E-state index in [1.165, 1.54) is 5.56 Å². The minimum Gasteiger partial charge on any atom is -0.354 e. The fraction of sp³-hybridized carbons (Fsp3) is 0.286. The van der Waals surface area contributed by atoms with Crippen LogP contribution in [0.3, 0.4) is 0 Å². The zero-order valence-corrected chi connectivity index (χ0v) is 12.3. The first-order valence-corrected chi connectivity index (χ1v) is 6.96. The lowest BCUT2D eigenvalue weighted by atomic mass is 10.1. The van der Waals surface area contributed by atoms with Crippen molar-refractivity contribution in [3.05, 3.63) is 53.0 Å². The van der Waals surface area contributed by atoms with Gasteiger partial charge in [0, 0.05) is 23.4 Å². The highest BCUT2D eigenvalue weighted by Gasteiger charge is 2.13. The number of aromatic nitrogens is 2. The quantitative estimate of drug-likeness (QED) is 0.920. The van der Waals surface area contributed by atoms with Crippen molar-refractivity contribution in [2.75, 3.05) is 6.54 Å². The third kappa shape index (κ3) is 3.67. The van der Waals surface area contributed by atoms with E-state index in [9.17, 15) is 4.79 Å². The van der Waals surface area contributed by atoms with Gasteiger partial charge in [-0.05, 0) is 25.0 Å². The zero-order chi connectivity index (χ0) is 13.7. The summed E-state index contributed by atoms with van der Waals surface area (Å²) in [5, 5.41) is 2.94. The van der Waals surface area contributed by atoms with Crippen LogP contribution in [0.25, 0.3) is 0 Å². The monoisotopic (exact) mass is 321 g/mol. The SMILES string of the molecule is C[C@@H](C(=O)NCCc1ccccc1Br)n1ccnc1. The standard InChI is InChI=1S/C14H16BrN3O/c1-11(18-9-8-16-10-18)14(19)17-7-6-12-4-2-3-5-13(12)15/h2-5,8-11H,6-7H2,1H3,(H,17,19)/t11-/m0/s1. The van der Waals surface area contributed by atoms with Crippen LogP contribution in [-0.2, 0) is 11.2 Å². The molecular weight excluding hydrogens is 306 g/mol. The number of rotatable bonds is 5. The van der Waals surface area contributed by atoms with Crippen molar-refractivity contribution >= 4 is 21.8 Å². The summed E-state index contributed by atoms with van der Waals surface area (Å²) < 4.78 is 2.86. The third-order valence-corrected chi connectivity index (χ3v) is 3.78. The normalized spacial score (nSPS) is 12.1. The Balaban J connectivity index is 1.83. The lowest BCUT2D eigenvalue weighted by molar-refractivity contribution is -0.123. The van der Waals surface area contributed by atoms with Crippen LogP contribution in [0.4, 0.5) is 0 Å². The molecule has 0 aliphatic heterocycles. The molecule has 1 aromatic carbocycles. The van der Waals surface area contributed by atoms with Gasteiger partial charge in [-0.1, -0.05) is 34.1 Å². The Morgan fingerprint density at radius 2 is 2.26 bits per heavy atom. The van der Waals surface area contributed by atoms with E-state index in [0.717, 1.165) is 10.9 Å². The maximum absolute atomic E-state index is 11.9. The van der Waals surface area contributed by atoms with Gasteiger partial charge in [-0.3, -0.25) is 4.79 Å². The average molecular weight is 322 g/mol. The first kappa shape index (κ1) is 13.8. The van der Waals surface area contributed by atoms with E-state index >= 15 is 0 Å². The predicted molar refractivity (Wildman–Crippen MR) is 77.8 cm³/mol. The van der Waals surface area contributed by atoms with Gasteiger partial charge in [-0.15, -0.1) is 0 Å². The molecule has 2 aromatic rings. The number of carbonyl (C=O) groups is 1. The zero-order valence-electron chi connectivity index (χ0n) is 10.7. The fourth-order valence-corrected chi connectivity index (χ4v) is 2.29. The molecule has 2 rings (SSSR count). The Morgan fingerprint density at radius 3 is 2.95 bits per heavy atom. The predicted octanol–water partition coefficient (Wildman–Crippen LogP) is 2.57. The first-order chi connectivity index (χ1) is 9.18. The van der Waals surface area contributed by atoms with Gasteiger partial charge >= 0.3 is 0 Å². The van der Waals surface area contributed by atoms with Gasteiger partial charge in [0.1, 0.15) is 6.04 Å². The first-order valence-electron chi connectivity index (χ1n) is 6.17. The number of amides is 1. The maximum atomic E-state index is 11.9. The summed E-state index contributed by atoms with van der Waals surface area (Å²) in [5.41, 5.74) is 1.19. The minimum absolute atomic E-state index is 0.00468. The van der Waals surface area contributed by atoms with E-state index in [0.29, 0.717) is 6.54 Å². The van der Waals surface area contributed by atoms with E-state index in [-0.39, 0.29) is 11.9 Å². The number of hydrogen-bond donors (Lipinski definition) is 1. The van der Waals surface area contributed by atoms with Crippen LogP contribution in [0.2, 0.25) is 0 Å². The van der Waals surface area contributed by atoms with Gasteiger partial charge in [0.2, 0.25) is 5.91 Å². The van der Waals surface area contributed by atoms with Crippen LogP contribution in [0, 0.1) is 0 Å². The molecule has 1 heterocycles. The number of benzene rings is 1. The molecule has 0 spiro atoms. The Morgan fingerprint density at radius 1 is 1.47 bits per heavy atom. The lowest BCUT2D eigenvalue weighted by Gasteiger charge is -2.13. The highest BCUT2D eigenvalue weighted by Crippen LogP contribution is 2.15. The van der Waals surface area contributed by atoms with E-state index in [1.807, 2.05) is 25.1 Å². The summed E-state index contributed by atoms with van der Waals surface area (Å²) in [6.45, 7) is 2.48. The molecular formula is C14H16BrN3O. The molecule has 0 fully saturated rings. The molecule has 4 nitrogen and oxygen atoms in total. The highest BCUT2D eigenvalue weighted by atomic mass is 79.9. The van der Waals surface area contributed by atoms with Gasteiger partial charge in [0.05, 0.1) is 6.33 Å². The van der Waals surface area contributed by atoms with E-state index < -0.39 is 0 Å². The molecule has 0 saturated carbocycles. The van der Waals surface area contributed by atoms with Gasteiger partial charge in [-0.25, -0.2) is 4.98 Å². The van der Waals surface area contributed by atoms with Crippen molar-refractivity contribution in [1.29, 1.82) is 0 Å². The average Bonchev–Trinajstić information content (AvgIpc) is 2.94. The number of imidazole rings is 1. The highest BCUT2D eigenvalue weighted by molar-refractivity contribution is 9.10. The molecule has 0 unspecified atom stereocenters. The van der Waals surface area contributed by atoms with Gasteiger partial charge in [0.25, 0.3) is 0 Å². The van der Waals surface area contributed by atoms with Crippen molar-refractivity contribution in [3.8, 4) is 0 Å². The minimum atomic E-state index is -0.235. The Hall–Kier alpha value is -1.62. The summed E-state index contributed by atoms with van der Waals surface area (Å²) in [7, 11) is 0. The summed E-state index contributed by atoms with van der Waals surface area (Å²) in [5.74, 6) is 0.00468. The molecule has 19 heavy (non-hydrogen) atoms. The number of nitrogens with one attached hydrogen (secondary N) is 1. The Bertz CT molecular complexity index is 539. The molecule has 0 aliphatic rings. The molecule has 0 radical (unpaired) electrons. The summed E-state index contributed by atoms with van der Waals surface area (Å²) in [4.78, 5) is 15.9. The largest absolute Gasteiger partial charge is 0.354 e. The summed E-state index contributed by atoms with van der Waals surface area (Å²) >= 11 is 3.50. The summed E-state index contributed by atoms with van der Waals surface area (Å²) in [6, 6.07) is 7.80. The molecule has 1 aromatic heterocycles. The molecule has 0 aliphatic carbocycles. The molecule has 0 saturated heterocycles. The Kier molecular flexibility index (Phi) is 4.74. The van der Waals surface area contributed by atoms with Gasteiger partial charge < -0.3 is 9.88 Å². The number of hydrogen-bond acceptors (Lipinski definition) is 2. The van der Waals surface area contributed by atoms with Crippen molar-refractivity contribution in [3.63, 3.8) is 0 Å². The summed E-state index contributed by atoms with van der Waals surface area (Å²) in [6.07, 6.45) is 5.92. The number of carbonyl (C=O) groups excluding carboxylic acids is 1. The van der Waals surface area contributed by atoms with Crippen LogP contribution < -0.4 is 5.32 Å². The molecule has 100 valence electrons. The molecule has 1 amide bonds. The molecule has 5 heteroatoms. The van der Waals surface area contributed by atoms with Crippen LogP contribution in [0.15, 0.2) is 47.5 Å². The van der Waals surface area contributed by atoms with E-state index in [4.69, 9.17) is 0 Å². The second kappa shape index (κ2) is 6.52. The topological polar surface area (TPSA) is 46.9 Å². The second-order valence-corrected chi connectivity index (χ2v) is 5.17. The lowest BCUT2D eigenvalue weighted by Crippen LogP contribution is -2.32. The van der Waals surface area contributed by atoms with Gasteiger partial charge in [0.15, 0.2) is 0 Å². The van der Waals surface area contributed by atoms with Crippen LogP contribution in [-0.4, -0.2) is 22.0 Å². The van der Waals surface area contributed by atoms with Crippen LogP contribution in [0.1, 0.15) is 18.5 Å². The van der Waals surface area contributed by atoms with Crippen LogP contribution >= 0.6 is 15.9 Å². The number of nitrogens with zero attached hydrogens (tertiary/aromatic N) is 2. The third-order valence-electron chi connectivity index (χ3n) is 3.00. The maximum Gasteiger partial charge on any atom is 0.242 e. The van der Waals surface area contributed by atoms with Crippen molar-refractivity contribution in [2.45, 2.75) is 19.4 Å². The molecule has 1 atom stereocenters. The second-order valence-electron chi connectivity index (χ2n) is 4.32. The number of halogens is 1. The van der Waals surface area contributed by atoms with E-state index in [1.54, 1.807) is 23.3 Å². The van der Waals surface area contributed by atoms with Crippen molar-refractivity contribution in [2.24, 2.45) is 0 Å². The van der Waals surface area contributed by atoms with Crippen LogP contribution in [0.5, 0.6) is 0 Å². The van der Waals surface area contributed by atoms with Gasteiger partial charge in [-0.2, -0.15) is 0 Å². The molecule has 0 bridgehead atoms. The fourth-order valence-electron chi connectivity index (χ4n) is 1.80. The van der Waals surface area contributed by atoms with E-state index in [2.05, 4.69) is 32.3 Å². The van der Waals surface area contributed by atoms with Crippen molar-refractivity contribution in [1.82, 2.24) is 14.9 Å².